The number of sulfonamides is 1. The van der Waals surface area contributed by atoms with E-state index in [1.54, 1.807) is 25.1 Å². The number of carbonyl (C=O) groups excluding carboxylic acids is 2. The maximum absolute atomic E-state index is 14.4. The highest BCUT2D eigenvalue weighted by molar-refractivity contribution is 7.92. The van der Waals surface area contributed by atoms with Crippen LogP contribution in [0.1, 0.15) is 29.2 Å². The summed E-state index contributed by atoms with van der Waals surface area (Å²) in [5.41, 5.74) is 3.62. The van der Waals surface area contributed by atoms with Crippen LogP contribution in [0.2, 0.25) is 10.0 Å². The largest absolute Gasteiger partial charge is 0.355 e. The van der Waals surface area contributed by atoms with Crippen LogP contribution in [0, 0.1) is 13.8 Å². The van der Waals surface area contributed by atoms with Gasteiger partial charge in [0.25, 0.3) is 10.0 Å². The van der Waals surface area contributed by atoms with Gasteiger partial charge in [0.2, 0.25) is 11.8 Å². The van der Waals surface area contributed by atoms with E-state index in [9.17, 15) is 18.0 Å². The number of anilines is 1. The molecule has 0 bridgehead atoms. The lowest BCUT2D eigenvalue weighted by Gasteiger charge is -2.34. The number of likely N-dealkylation sites (N-methyl/N-ethyl adjacent to an activating group) is 1. The number of hydrogen-bond acceptors (Lipinski definition) is 4. The molecule has 4 aromatic rings. The van der Waals surface area contributed by atoms with E-state index in [1.165, 1.54) is 29.2 Å². The lowest BCUT2D eigenvalue weighted by atomic mass is 10.0. The number of carbonyl (C=O) groups is 2. The van der Waals surface area contributed by atoms with Crippen molar-refractivity contribution in [2.45, 2.75) is 44.7 Å². The zero-order chi connectivity index (χ0) is 31.9. The van der Waals surface area contributed by atoms with E-state index in [0.29, 0.717) is 6.54 Å². The van der Waals surface area contributed by atoms with Gasteiger partial charge in [0.15, 0.2) is 0 Å². The first-order valence-electron chi connectivity index (χ1n) is 14.2. The van der Waals surface area contributed by atoms with Gasteiger partial charge in [-0.15, -0.1) is 0 Å². The van der Waals surface area contributed by atoms with Gasteiger partial charge >= 0.3 is 0 Å². The Bertz CT molecular complexity index is 1700. The molecule has 1 atom stereocenters. The van der Waals surface area contributed by atoms with Crippen molar-refractivity contribution in [2.24, 2.45) is 0 Å². The summed E-state index contributed by atoms with van der Waals surface area (Å²) in [6.45, 7) is 5.44. The van der Waals surface area contributed by atoms with Gasteiger partial charge in [-0.1, -0.05) is 101 Å². The van der Waals surface area contributed by atoms with Crippen molar-refractivity contribution in [3.8, 4) is 0 Å². The maximum Gasteiger partial charge on any atom is 0.264 e. The fraction of sp³-hybridized carbons (Fsp3) is 0.235. The summed E-state index contributed by atoms with van der Waals surface area (Å²) < 4.78 is 29.2. The predicted molar refractivity (Wildman–Crippen MR) is 177 cm³/mol. The third-order valence-electron chi connectivity index (χ3n) is 7.16. The van der Waals surface area contributed by atoms with Crippen LogP contribution in [0.15, 0.2) is 102 Å². The standard InChI is InChI=1S/C34H35Cl2N3O4S/c1-4-37-34(41)32(20-26-8-6-5-7-9-26)38(22-27-14-10-24(2)11-15-27)33(40)23-39(31-21-28(35)16-19-30(31)36)44(42,43)29-17-12-25(3)13-18-29/h5-19,21,32H,4,20,22-23H2,1-3H3,(H,37,41). The molecule has 1 unspecified atom stereocenters. The van der Waals surface area contributed by atoms with Crippen LogP contribution < -0.4 is 9.62 Å². The summed E-state index contributed by atoms with van der Waals surface area (Å²) >= 11 is 12.8. The summed E-state index contributed by atoms with van der Waals surface area (Å²) in [7, 11) is -4.29. The molecule has 0 saturated heterocycles. The average Bonchev–Trinajstić information content (AvgIpc) is 3.00. The van der Waals surface area contributed by atoms with Gasteiger partial charge in [0.05, 0.1) is 15.6 Å². The molecule has 0 aromatic heterocycles. The highest BCUT2D eigenvalue weighted by Gasteiger charge is 2.35. The van der Waals surface area contributed by atoms with Crippen molar-refractivity contribution in [1.82, 2.24) is 10.2 Å². The molecule has 0 aliphatic heterocycles. The van der Waals surface area contributed by atoms with Crippen LogP contribution in [-0.4, -0.2) is 44.3 Å². The zero-order valence-corrected chi connectivity index (χ0v) is 27.2. The molecule has 0 heterocycles. The van der Waals surface area contributed by atoms with Gasteiger partial charge in [0, 0.05) is 24.5 Å². The van der Waals surface area contributed by atoms with E-state index in [2.05, 4.69) is 5.32 Å². The Hall–Kier alpha value is -3.85. The Kier molecular flexibility index (Phi) is 11.1. The fourth-order valence-electron chi connectivity index (χ4n) is 4.76. The number of amides is 2. The molecule has 0 aliphatic rings. The number of halogens is 2. The van der Waals surface area contributed by atoms with E-state index >= 15 is 0 Å². The van der Waals surface area contributed by atoms with Crippen molar-refractivity contribution in [3.05, 3.63) is 129 Å². The molecule has 7 nitrogen and oxygen atoms in total. The van der Waals surface area contributed by atoms with Crippen LogP contribution >= 0.6 is 23.2 Å². The van der Waals surface area contributed by atoms with E-state index in [4.69, 9.17) is 23.2 Å². The number of nitrogens with zero attached hydrogens (tertiary/aromatic N) is 2. The van der Waals surface area contributed by atoms with Crippen LogP contribution in [0.4, 0.5) is 5.69 Å². The molecule has 0 radical (unpaired) electrons. The molecule has 0 saturated carbocycles. The monoisotopic (exact) mass is 651 g/mol. The third-order valence-corrected chi connectivity index (χ3v) is 9.49. The van der Waals surface area contributed by atoms with Crippen molar-refractivity contribution in [2.75, 3.05) is 17.4 Å². The Balaban J connectivity index is 1.82. The minimum absolute atomic E-state index is 0.0124. The first-order chi connectivity index (χ1) is 21.0. The van der Waals surface area contributed by atoms with E-state index in [-0.39, 0.29) is 39.5 Å². The molecular formula is C34H35Cl2N3O4S. The van der Waals surface area contributed by atoms with Crippen molar-refractivity contribution in [1.29, 1.82) is 0 Å². The minimum Gasteiger partial charge on any atom is -0.355 e. The van der Waals surface area contributed by atoms with Crippen molar-refractivity contribution < 1.29 is 18.0 Å². The van der Waals surface area contributed by atoms with Gasteiger partial charge in [-0.2, -0.15) is 0 Å². The van der Waals surface area contributed by atoms with Gasteiger partial charge in [0.1, 0.15) is 12.6 Å². The van der Waals surface area contributed by atoms with Gasteiger partial charge in [-0.3, -0.25) is 13.9 Å². The SMILES string of the molecule is CCNC(=O)C(Cc1ccccc1)N(Cc1ccc(C)cc1)C(=O)CN(c1cc(Cl)ccc1Cl)S(=O)(=O)c1ccc(C)cc1. The second-order valence-electron chi connectivity index (χ2n) is 10.5. The van der Waals surface area contributed by atoms with Gasteiger partial charge in [-0.25, -0.2) is 8.42 Å². The Labute approximate surface area is 269 Å². The Morgan fingerprint density at radius 3 is 2.05 bits per heavy atom. The van der Waals surface area contributed by atoms with Crippen molar-refractivity contribution >= 4 is 50.7 Å². The Morgan fingerprint density at radius 1 is 0.818 bits per heavy atom. The Morgan fingerprint density at radius 2 is 1.43 bits per heavy atom. The molecular weight excluding hydrogens is 617 g/mol. The van der Waals surface area contributed by atoms with E-state index < -0.39 is 28.5 Å². The summed E-state index contributed by atoms with van der Waals surface area (Å²) in [5.74, 6) is -0.921. The number of aryl methyl sites for hydroxylation is 2. The molecule has 2 amide bonds. The first kappa shape index (κ1) is 33.1. The summed E-state index contributed by atoms with van der Waals surface area (Å²) in [5, 5.41) is 3.21. The second kappa shape index (κ2) is 14.8. The number of hydrogen-bond donors (Lipinski definition) is 1. The molecule has 44 heavy (non-hydrogen) atoms. The van der Waals surface area contributed by atoms with Crippen molar-refractivity contribution in [3.63, 3.8) is 0 Å². The summed E-state index contributed by atoms with van der Waals surface area (Å²) in [6, 6.07) is 26.9. The maximum atomic E-state index is 14.4. The highest BCUT2D eigenvalue weighted by Crippen LogP contribution is 2.33. The zero-order valence-electron chi connectivity index (χ0n) is 24.8. The molecule has 10 heteroatoms. The number of benzene rings is 4. The lowest BCUT2D eigenvalue weighted by molar-refractivity contribution is -0.140. The van der Waals surface area contributed by atoms with E-state index in [0.717, 1.165) is 26.6 Å². The summed E-state index contributed by atoms with van der Waals surface area (Å²) in [4.78, 5) is 29.4. The normalized spacial score (nSPS) is 11.9. The number of rotatable bonds is 12. The smallest absolute Gasteiger partial charge is 0.264 e. The number of nitrogens with one attached hydrogen (secondary N) is 1. The highest BCUT2D eigenvalue weighted by atomic mass is 35.5. The second-order valence-corrected chi connectivity index (χ2v) is 13.2. The summed E-state index contributed by atoms with van der Waals surface area (Å²) in [6.07, 6.45) is 0.229. The quantitative estimate of drug-likeness (QED) is 0.187. The van der Waals surface area contributed by atoms with Crippen LogP contribution in [0.5, 0.6) is 0 Å². The van der Waals surface area contributed by atoms with Crippen LogP contribution in [0.3, 0.4) is 0 Å². The molecule has 1 N–H and O–H groups in total. The van der Waals surface area contributed by atoms with Crippen LogP contribution in [-0.2, 0) is 32.6 Å². The lowest BCUT2D eigenvalue weighted by Crippen LogP contribution is -2.53. The predicted octanol–water partition coefficient (Wildman–Crippen LogP) is 6.58. The molecule has 4 aromatic carbocycles. The molecule has 0 aliphatic carbocycles. The first-order valence-corrected chi connectivity index (χ1v) is 16.4. The minimum atomic E-state index is -4.29. The molecule has 4 rings (SSSR count). The van der Waals surface area contributed by atoms with Crippen LogP contribution in [0.25, 0.3) is 0 Å². The van der Waals surface area contributed by atoms with E-state index in [1.807, 2.05) is 68.4 Å². The van der Waals surface area contributed by atoms with Gasteiger partial charge in [-0.05, 0) is 62.2 Å². The molecule has 230 valence electrons. The molecule has 0 fully saturated rings. The average molecular weight is 653 g/mol. The topological polar surface area (TPSA) is 86.8 Å². The third kappa shape index (κ3) is 8.20. The van der Waals surface area contributed by atoms with Gasteiger partial charge < -0.3 is 10.2 Å². The molecule has 0 spiro atoms. The fourth-order valence-corrected chi connectivity index (χ4v) is 6.62.